The molecule has 1 aliphatic heterocycles. The Labute approximate surface area is 168 Å². The Bertz CT molecular complexity index is 1100. The minimum atomic E-state index is -1.81. The third-order valence-electron chi connectivity index (χ3n) is 4.47. The van der Waals surface area contributed by atoms with Gasteiger partial charge in [0.05, 0.1) is 11.1 Å². The highest BCUT2D eigenvalue weighted by atomic mass is 32.2. The van der Waals surface area contributed by atoms with Crippen LogP contribution in [0.5, 0.6) is 5.75 Å². The highest BCUT2D eigenvalue weighted by molar-refractivity contribution is 7.83. The first kappa shape index (κ1) is 20.6. The summed E-state index contributed by atoms with van der Waals surface area (Å²) in [6.07, 6.45) is 5.47. The van der Waals surface area contributed by atoms with E-state index >= 15 is 0 Å². The Hall–Kier alpha value is -3.18. The number of aliphatic hydroxyl groups is 1. The first-order valence-corrected chi connectivity index (χ1v) is 9.52. The van der Waals surface area contributed by atoms with Crippen molar-refractivity contribution in [2.45, 2.75) is 23.5 Å². The van der Waals surface area contributed by atoms with Gasteiger partial charge in [0.1, 0.15) is 40.5 Å². The summed E-state index contributed by atoms with van der Waals surface area (Å²) >= 11 is 0. The number of benzene rings is 1. The number of nitrogens with zero attached hydrogens (tertiary/aromatic N) is 2. The molecule has 2 aromatic rings. The van der Waals surface area contributed by atoms with Crippen molar-refractivity contribution in [1.29, 1.82) is 5.26 Å². The molecular weight excluding hydrogens is 399 g/mol. The Morgan fingerprint density at radius 3 is 2.97 bits per heavy atom. The van der Waals surface area contributed by atoms with E-state index in [1.165, 1.54) is 22.9 Å². The average molecular weight is 416 g/mol. The summed E-state index contributed by atoms with van der Waals surface area (Å²) in [5.41, 5.74) is -1.13. The van der Waals surface area contributed by atoms with Gasteiger partial charge in [0, 0.05) is 18.9 Å². The highest BCUT2D eigenvalue weighted by Gasteiger charge is 2.40. The average Bonchev–Trinajstić information content (AvgIpc) is 2.97. The number of carbonyl (C=O) groups excluding carboxylic acids is 1. The molecule has 8 nitrogen and oxygen atoms in total. The summed E-state index contributed by atoms with van der Waals surface area (Å²) in [6, 6.07) is 5.29. The lowest BCUT2D eigenvalue weighted by molar-refractivity contribution is 0.0904. The first-order valence-electron chi connectivity index (χ1n) is 8.37. The fourth-order valence-electron chi connectivity index (χ4n) is 2.83. The van der Waals surface area contributed by atoms with E-state index in [9.17, 15) is 18.5 Å². The Balaban J connectivity index is 1.94. The van der Waals surface area contributed by atoms with E-state index in [0.717, 1.165) is 6.07 Å². The van der Waals surface area contributed by atoms with E-state index < -0.39 is 34.4 Å². The van der Waals surface area contributed by atoms with Gasteiger partial charge < -0.3 is 19.7 Å². The molecule has 1 aliphatic rings. The number of fused-ring (bicyclic) bond motifs is 1. The van der Waals surface area contributed by atoms with Crippen molar-refractivity contribution < 1.29 is 23.2 Å². The van der Waals surface area contributed by atoms with Crippen molar-refractivity contribution in [3.63, 3.8) is 0 Å². The number of anilines is 1. The van der Waals surface area contributed by atoms with E-state index in [0.29, 0.717) is 0 Å². The van der Waals surface area contributed by atoms with Crippen LogP contribution in [0, 0.1) is 29.5 Å². The Kier molecular flexibility index (Phi) is 5.44. The molecule has 2 heterocycles. The number of aryl methyl sites for hydroxylation is 1. The molecule has 3 rings (SSSR count). The summed E-state index contributed by atoms with van der Waals surface area (Å²) in [5, 5.41) is 21.6. The topological polar surface area (TPSA) is 116 Å². The van der Waals surface area contributed by atoms with Crippen LogP contribution in [0.25, 0.3) is 0 Å². The lowest BCUT2D eigenvalue weighted by atomic mass is 9.98. The van der Waals surface area contributed by atoms with Crippen LogP contribution in [0.4, 0.5) is 10.1 Å². The number of aliphatic hydroxyl groups excluding tert-OH is 1. The van der Waals surface area contributed by atoms with Gasteiger partial charge in [-0.1, -0.05) is 5.92 Å². The van der Waals surface area contributed by atoms with E-state index in [1.807, 2.05) is 0 Å². The molecule has 1 aromatic heterocycles. The summed E-state index contributed by atoms with van der Waals surface area (Å²) in [5.74, 6) is 0.943. The zero-order valence-corrected chi connectivity index (χ0v) is 16.3. The fraction of sp³-hybridized carbons (Fsp3) is 0.263. The normalized spacial score (nSPS) is 21.7. The quantitative estimate of drug-likeness (QED) is 0.647. The highest BCUT2D eigenvalue weighted by Crippen LogP contribution is 2.33. The second-order valence-corrected chi connectivity index (χ2v) is 7.87. The maximum atomic E-state index is 13.5. The number of hydrogen-bond donors (Lipinski definition) is 3. The van der Waals surface area contributed by atoms with Crippen molar-refractivity contribution in [1.82, 2.24) is 9.29 Å². The molecule has 3 atom stereocenters. The zero-order chi connectivity index (χ0) is 21.3. The third kappa shape index (κ3) is 3.74. The lowest BCUT2D eigenvalue weighted by Crippen LogP contribution is -2.55. The standard InChI is InChI=1S/C19H17FN4O4S/c1-4-15(25)19(2)10-28-17-14(29(27)23-19)9-24(3)16(17)18(26)22-12-5-6-13(20)11(7-12)8-21/h1,5-7,9,15,23,25H,10H2,2-3H3,(H,22,26). The number of ether oxygens (including phenoxy) is 1. The first-order chi connectivity index (χ1) is 13.7. The molecule has 0 aliphatic carbocycles. The molecule has 0 radical (unpaired) electrons. The molecule has 1 aromatic carbocycles. The lowest BCUT2D eigenvalue weighted by Gasteiger charge is -2.29. The van der Waals surface area contributed by atoms with Crippen molar-refractivity contribution in [3.8, 4) is 24.2 Å². The second-order valence-electron chi connectivity index (χ2n) is 6.69. The van der Waals surface area contributed by atoms with Crippen molar-refractivity contribution in [2.24, 2.45) is 7.05 Å². The van der Waals surface area contributed by atoms with E-state index in [-0.39, 0.29) is 34.2 Å². The number of terminal acetylenes is 1. The van der Waals surface area contributed by atoms with Crippen LogP contribution in [0.3, 0.4) is 0 Å². The van der Waals surface area contributed by atoms with E-state index in [1.54, 1.807) is 20.0 Å². The zero-order valence-electron chi connectivity index (χ0n) is 15.5. The van der Waals surface area contributed by atoms with Gasteiger partial charge in [-0.15, -0.1) is 6.42 Å². The molecule has 150 valence electrons. The van der Waals surface area contributed by atoms with Crippen molar-refractivity contribution in [3.05, 3.63) is 41.5 Å². The number of amides is 1. The number of nitrogens with one attached hydrogen (secondary N) is 2. The van der Waals surface area contributed by atoms with Crippen molar-refractivity contribution in [2.75, 3.05) is 11.9 Å². The number of rotatable bonds is 3. The Morgan fingerprint density at radius 1 is 1.59 bits per heavy atom. The molecular formula is C19H17FN4O4S. The predicted octanol–water partition coefficient (Wildman–Crippen LogP) is 1.05. The summed E-state index contributed by atoms with van der Waals surface area (Å²) in [6.45, 7) is 1.42. The largest absolute Gasteiger partial charge is 0.488 e. The molecule has 0 saturated heterocycles. The number of halogens is 1. The van der Waals surface area contributed by atoms with Gasteiger partial charge in [0.25, 0.3) is 5.91 Å². The maximum absolute atomic E-state index is 13.5. The van der Waals surface area contributed by atoms with Crippen LogP contribution in [0.15, 0.2) is 29.3 Å². The molecule has 3 unspecified atom stereocenters. The van der Waals surface area contributed by atoms with Gasteiger partial charge >= 0.3 is 0 Å². The summed E-state index contributed by atoms with van der Waals surface area (Å²) in [4.78, 5) is 13.0. The molecule has 0 fully saturated rings. The molecule has 29 heavy (non-hydrogen) atoms. The molecule has 10 heteroatoms. The second kappa shape index (κ2) is 7.68. The van der Waals surface area contributed by atoms with E-state index in [2.05, 4.69) is 16.0 Å². The number of hydrogen-bond acceptors (Lipinski definition) is 5. The van der Waals surface area contributed by atoms with Gasteiger partial charge in [-0.3, -0.25) is 4.79 Å². The predicted molar refractivity (Wildman–Crippen MR) is 103 cm³/mol. The minimum absolute atomic E-state index is 0.0671. The smallest absolute Gasteiger partial charge is 0.276 e. The molecule has 0 spiro atoms. The van der Waals surface area contributed by atoms with Crippen LogP contribution in [0.1, 0.15) is 23.0 Å². The Morgan fingerprint density at radius 2 is 2.31 bits per heavy atom. The molecule has 1 amide bonds. The van der Waals surface area contributed by atoms with Gasteiger partial charge in [-0.25, -0.2) is 13.3 Å². The van der Waals surface area contributed by atoms with Gasteiger partial charge in [0.15, 0.2) is 11.4 Å². The summed E-state index contributed by atoms with van der Waals surface area (Å²) in [7, 11) is -0.234. The van der Waals surface area contributed by atoms with Gasteiger partial charge in [0.2, 0.25) is 0 Å². The monoisotopic (exact) mass is 416 g/mol. The summed E-state index contributed by atoms with van der Waals surface area (Å²) < 4.78 is 36.1. The van der Waals surface area contributed by atoms with Gasteiger partial charge in [-0.2, -0.15) is 5.26 Å². The fourth-order valence-corrected chi connectivity index (χ4v) is 4.11. The van der Waals surface area contributed by atoms with Crippen LogP contribution < -0.4 is 14.8 Å². The number of carbonyl (C=O) groups is 1. The minimum Gasteiger partial charge on any atom is -0.488 e. The van der Waals surface area contributed by atoms with Crippen LogP contribution >= 0.6 is 0 Å². The van der Waals surface area contributed by atoms with E-state index in [4.69, 9.17) is 16.4 Å². The maximum Gasteiger partial charge on any atom is 0.276 e. The third-order valence-corrected chi connectivity index (χ3v) is 5.81. The molecule has 3 N–H and O–H groups in total. The SMILES string of the molecule is C#CC(O)C1(C)COc2c(cn(C)c2C(=O)Nc2ccc(F)c(C#N)c2)S(=O)N1. The number of nitriles is 1. The van der Waals surface area contributed by atoms with Crippen molar-refractivity contribution >= 4 is 22.6 Å². The van der Waals surface area contributed by atoms with Crippen LogP contribution in [-0.2, 0) is 18.0 Å². The number of aromatic nitrogens is 1. The molecule has 0 bridgehead atoms. The van der Waals surface area contributed by atoms with Crippen LogP contribution in [0.2, 0.25) is 0 Å². The molecule has 0 saturated carbocycles. The van der Waals surface area contributed by atoms with Gasteiger partial charge in [-0.05, 0) is 25.1 Å². The van der Waals surface area contributed by atoms with Crippen LogP contribution in [-0.4, -0.2) is 38.0 Å².